The number of aromatic amines is 1. The molecule has 0 aliphatic rings. The summed E-state index contributed by atoms with van der Waals surface area (Å²) >= 11 is 1.88. The van der Waals surface area contributed by atoms with Crippen LogP contribution >= 0.6 is 22.6 Å². The van der Waals surface area contributed by atoms with Crippen LogP contribution in [0.2, 0.25) is 0 Å². The Morgan fingerprint density at radius 2 is 1.95 bits per heavy atom. The summed E-state index contributed by atoms with van der Waals surface area (Å²) in [5, 5.41) is 0. The molecule has 0 aliphatic heterocycles. The molecule has 106 valence electrons. The van der Waals surface area contributed by atoms with Crippen LogP contribution in [0.25, 0.3) is 0 Å². The largest absolute Gasteiger partial charge is 0.378 e. The number of H-pyrrole nitrogens is 1. The zero-order valence-electron chi connectivity index (χ0n) is 10.5. The fourth-order valence-electron chi connectivity index (χ4n) is 1.78. The maximum atomic E-state index is 13.1. The van der Waals surface area contributed by atoms with Crippen molar-refractivity contribution in [1.29, 1.82) is 0 Å². The molecular formula is C13H11F2IN2O2. The highest BCUT2D eigenvalue weighted by atomic mass is 127. The number of hydrogen-bond acceptors (Lipinski definition) is 3. The van der Waals surface area contributed by atoms with Crippen molar-refractivity contribution >= 4 is 22.6 Å². The summed E-state index contributed by atoms with van der Waals surface area (Å²) in [6, 6.07) is 3.21. The van der Waals surface area contributed by atoms with Crippen LogP contribution in [0.15, 0.2) is 23.0 Å². The molecule has 0 unspecified atom stereocenters. The molecule has 1 aromatic carbocycles. The van der Waals surface area contributed by atoms with E-state index in [1.165, 1.54) is 19.2 Å². The van der Waals surface area contributed by atoms with E-state index in [0.717, 1.165) is 6.07 Å². The number of rotatable bonds is 4. The summed E-state index contributed by atoms with van der Waals surface area (Å²) < 4.78 is 31.7. The quantitative estimate of drug-likeness (QED) is 0.814. The van der Waals surface area contributed by atoms with Crippen LogP contribution < -0.4 is 5.56 Å². The third-order valence-corrected chi connectivity index (χ3v) is 3.67. The molecule has 0 amide bonds. The van der Waals surface area contributed by atoms with Crippen molar-refractivity contribution in [3.05, 3.63) is 60.8 Å². The van der Waals surface area contributed by atoms with Crippen LogP contribution in [0.3, 0.4) is 0 Å². The molecule has 0 saturated carbocycles. The molecule has 2 rings (SSSR count). The molecule has 0 spiro atoms. The third-order valence-electron chi connectivity index (χ3n) is 2.56. The van der Waals surface area contributed by atoms with E-state index in [4.69, 9.17) is 4.74 Å². The summed E-state index contributed by atoms with van der Waals surface area (Å²) in [6.07, 6.45) is 0.136. The smallest absolute Gasteiger partial charge is 0.264 e. The van der Waals surface area contributed by atoms with Crippen molar-refractivity contribution in [2.75, 3.05) is 7.11 Å². The van der Waals surface area contributed by atoms with Crippen LogP contribution in [0, 0.1) is 15.2 Å². The van der Waals surface area contributed by atoms with E-state index in [9.17, 15) is 13.6 Å². The minimum absolute atomic E-state index is 0.136. The van der Waals surface area contributed by atoms with Gasteiger partial charge < -0.3 is 9.72 Å². The normalized spacial score (nSPS) is 10.8. The predicted molar refractivity (Wildman–Crippen MR) is 77.5 cm³/mol. The summed E-state index contributed by atoms with van der Waals surface area (Å²) in [5.74, 6) is -0.984. The Kier molecular flexibility index (Phi) is 4.81. The van der Waals surface area contributed by atoms with E-state index in [-0.39, 0.29) is 18.6 Å². The SMILES string of the molecule is COCc1nc(Cc2cc(F)cc(F)c2)[nH]c(=O)c1I. The molecule has 0 fully saturated rings. The number of halogens is 3. The summed E-state index contributed by atoms with van der Waals surface area (Å²) in [7, 11) is 1.50. The van der Waals surface area contributed by atoms with Gasteiger partial charge in [-0.2, -0.15) is 0 Å². The number of aromatic nitrogens is 2. The van der Waals surface area contributed by atoms with Crippen LogP contribution in [-0.4, -0.2) is 17.1 Å². The zero-order chi connectivity index (χ0) is 14.7. The van der Waals surface area contributed by atoms with E-state index >= 15 is 0 Å². The molecule has 2 aromatic rings. The Morgan fingerprint density at radius 1 is 1.30 bits per heavy atom. The zero-order valence-corrected chi connectivity index (χ0v) is 12.7. The number of methoxy groups -OCH3 is 1. The molecule has 20 heavy (non-hydrogen) atoms. The van der Waals surface area contributed by atoms with Gasteiger partial charge in [-0.25, -0.2) is 13.8 Å². The van der Waals surface area contributed by atoms with Gasteiger partial charge in [0, 0.05) is 19.6 Å². The highest BCUT2D eigenvalue weighted by molar-refractivity contribution is 14.1. The Hall–Kier alpha value is -1.35. The maximum absolute atomic E-state index is 13.1. The van der Waals surface area contributed by atoms with Gasteiger partial charge in [0.2, 0.25) is 0 Å². The first-order valence-electron chi connectivity index (χ1n) is 5.71. The Morgan fingerprint density at radius 3 is 2.55 bits per heavy atom. The van der Waals surface area contributed by atoms with Gasteiger partial charge in [0.15, 0.2) is 0 Å². The lowest BCUT2D eigenvalue weighted by molar-refractivity contribution is 0.180. The number of nitrogens with zero attached hydrogens (tertiary/aromatic N) is 1. The minimum Gasteiger partial charge on any atom is -0.378 e. The molecule has 1 aromatic heterocycles. The second kappa shape index (κ2) is 6.40. The standard InChI is InChI=1S/C13H11F2IN2O2/c1-20-6-10-12(16)13(19)18-11(17-10)4-7-2-8(14)5-9(15)3-7/h2-3,5H,4,6H2,1H3,(H,17,18,19). The molecule has 0 aliphatic carbocycles. The first-order valence-corrected chi connectivity index (χ1v) is 6.79. The maximum Gasteiger partial charge on any atom is 0.264 e. The lowest BCUT2D eigenvalue weighted by Gasteiger charge is -2.06. The van der Waals surface area contributed by atoms with Gasteiger partial charge in [0.1, 0.15) is 21.0 Å². The van der Waals surface area contributed by atoms with E-state index in [2.05, 4.69) is 9.97 Å². The summed E-state index contributed by atoms with van der Waals surface area (Å²) in [6.45, 7) is 0.201. The highest BCUT2D eigenvalue weighted by Gasteiger charge is 2.10. The molecule has 0 bridgehead atoms. The second-order valence-electron chi connectivity index (χ2n) is 4.16. The summed E-state index contributed by atoms with van der Waals surface area (Å²) in [5.41, 5.74) is 0.610. The lowest BCUT2D eigenvalue weighted by Crippen LogP contribution is -2.18. The third kappa shape index (κ3) is 3.60. The highest BCUT2D eigenvalue weighted by Crippen LogP contribution is 2.12. The van der Waals surface area contributed by atoms with E-state index in [1.54, 1.807) is 0 Å². The first kappa shape index (κ1) is 15.0. The van der Waals surface area contributed by atoms with Crippen molar-refractivity contribution in [3.63, 3.8) is 0 Å². The molecule has 1 heterocycles. The van der Waals surface area contributed by atoms with E-state index in [0.29, 0.717) is 20.7 Å². The van der Waals surface area contributed by atoms with Crippen LogP contribution in [0.4, 0.5) is 8.78 Å². The molecule has 4 nitrogen and oxygen atoms in total. The van der Waals surface area contributed by atoms with Crippen molar-refractivity contribution < 1.29 is 13.5 Å². The topological polar surface area (TPSA) is 55.0 Å². The van der Waals surface area contributed by atoms with Crippen molar-refractivity contribution in [2.45, 2.75) is 13.0 Å². The molecule has 0 saturated heterocycles. The van der Waals surface area contributed by atoms with Gasteiger partial charge in [-0.1, -0.05) is 0 Å². The van der Waals surface area contributed by atoms with Gasteiger partial charge in [0.25, 0.3) is 5.56 Å². The van der Waals surface area contributed by atoms with E-state index < -0.39 is 11.6 Å². The number of ether oxygens (including phenoxy) is 1. The fourth-order valence-corrected chi connectivity index (χ4v) is 2.19. The Balaban J connectivity index is 2.36. The molecule has 0 radical (unpaired) electrons. The number of benzene rings is 1. The average Bonchev–Trinajstić information content (AvgIpc) is 2.34. The molecule has 7 heteroatoms. The predicted octanol–water partition coefficient (Wildman–Crippen LogP) is 2.39. The molecule has 1 N–H and O–H groups in total. The number of hydrogen-bond donors (Lipinski definition) is 1. The van der Waals surface area contributed by atoms with Gasteiger partial charge >= 0.3 is 0 Å². The molecular weight excluding hydrogens is 381 g/mol. The van der Waals surface area contributed by atoms with Crippen molar-refractivity contribution in [2.24, 2.45) is 0 Å². The van der Waals surface area contributed by atoms with Crippen LogP contribution in [-0.2, 0) is 17.8 Å². The van der Waals surface area contributed by atoms with Crippen molar-refractivity contribution in [3.8, 4) is 0 Å². The second-order valence-corrected chi connectivity index (χ2v) is 5.24. The average molecular weight is 392 g/mol. The van der Waals surface area contributed by atoms with Gasteiger partial charge in [-0.05, 0) is 40.3 Å². The monoisotopic (exact) mass is 392 g/mol. The van der Waals surface area contributed by atoms with Crippen LogP contribution in [0.5, 0.6) is 0 Å². The van der Waals surface area contributed by atoms with Crippen LogP contribution in [0.1, 0.15) is 17.1 Å². The van der Waals surface area contributed by atoms with E-state index in [1.807, 2.05) is 22.6 Å². The lowest BCUT2D eigenvalue weighted by atomic mass is 10.1. The van der Waals surface area contributed by atoms with Gasteiger partial charge in [-0.3, -0.25) is 4.79 Å². The fraction of sp³-hybridized carbons (Fsp3) is 0.231. The molecule has 0 atom stereocenters. The summed E-state index contributed by atoms with van der Waals surface area (Å²) in [4.78, 5) is 18.6. The Bertz CT molecular complexity index is 668. The minimum atomic E-state index is -0.662. The Labute approximate surface area is 127 Å². The van der Waals surface area contributed by atoms with Gasteiger partial charge in [-0.15, -0.1) is 0 Å². The van der Waals surface area contributed by atoms with Crippen molar-refractivity contribution in [1.82, 2.24) is 9.97 Å². The van der Waals surface area contributed by atoms with Gasteiger partial charge in [0.05, 0.1) is 12.3 Å². The number of nitrogens with one attached hydrogen (secondary N) is 1. The first-order chi connectivity index (χ1) is 9.49.